The molecule has 0 fully saturated rings. The zero-order chi connectivity index (χ0) is 18.9. The number of hydrogen-bond donors (Lipinski definition) is 1. The first-order valence-electron chi connectivity index (χ1n) is 8.14. The average Bonchev–Trinajstić information content (AvgIpc) is 3.14. The highest BCUT2D eigenvalue weighted by Gasteiger charge is 2.09. The summed E-state index contributed by atoms with van der Waals surface area (Å²) in [5.41, 5.74) is 4.30. The van der Waals surface area contributed by atoms with Crippen LogP contribution in [0.5, 0.6) is 0 Å². The number of thioether (sulfide) groups is 1. The monoisotopic (exact) mass is 385 g/mol. The molecule has 1 aromatic carbocycles. The first kappa shape index (κ1) is 20.2. The van der Waals surface area contributed by atoms with Crippen molar-refractivity contribution in [3.8, 4) is 0 Å². The van der Waals surface area contributed by atoms with Gasteiger partial charge in [0.05, 0.1) is 6.54 Å². The van der Waals surface area contributed by atoms with Crippen molar-refractivity contribution in [3.05, 3.63) is 81.9 Å². The maximum absolute atomic E-state index is 10.9. The molecule has 136 valence electrons. The van der Waals surface area contributed by atoms with Gasteiger partial charge in [0.1, 0.15) is 0 Å². The van der Waals surface area contributed by atoms with Crippen LogP contribution in [-0.2, 0) is 4.79 Å². The fourth-order valence-electron chi connectivity index (χ4n) is 2.45. The van der Waals surface area contributed by atoms with Crippen LogP contribution in [0.2, 0.25) is 0 Å². The number of carbonyl (C=O) groups is 1. The third-order valence-corrected chi connectivity index (χ3v) is 5.08. The molecule has 0 unspecified atom stereocenters. The summed E-state index contributed by atoms with van der Waals surface area (Å²) in [5.74, 6) is -0.820. The summed E-state index contributed by atoms with van der Waals surface area (Å²) >= 11 is 3.33. The van der Waals surface area contributed by atoms with E-state index >= 15 is 0 Å². The van der Waals surface area contributed by atoms with Crippen molar-refractivity contribution in [1.82, 2.24) is 4.90 Å². The molecule has 0 atom stereocenters. The number of rotatable bonds is 9. The van der Waals surface area contributed by atoms with Crippen LogP contribution in [-0.4, -0.2) is 42.4 Å². The minimum atomic E-state index is -0.820. The molecule has 0 aliphatic carbocycles. The lowest BCUT2D eigenvalue weighted by Gasteiger charge is -2.13. The molecule has 0 radical (unpaired) electrons. The van der Waals surface area contributed by atoms with E-state index in [1.54, 1.807) is 28.0 Å². The van der Waals surface area contributed by atoms with Gasteiger partial charge in [-0.05, 0) is 58.5 Å². The van der Waals surface area contributed by atoms with Gasteiger partial charge in [-0.3, -0.25) is 9.69 Å². The van der Waals surface area contributed by atoms with Crippen LogP contribution in [0, 0.1) is 0 Å². The number of allylic oxidation sites excluding steroid dienone is 2. The summed E-state index contributed by atoms with van der Waals surface area (Å²) < 4.78 is 0. The van der Waals surface area contributed by atoms with Crippen LogP contribution in [0.15, 0.2) is 65.9 Å². The molecular weight excluding hydrogens is 362 g/mol. The Kier molecular flexibility index (Phi) is 7.91. The first-order valence-corrected chi connectivity index (χ1v) is 10.3. The Morgan fingerprint density at radius 3 is 2.54 bits per heavy atom. The van der Waals surface area contributed by atoms with Crippen LogP contribution in [0.1, 0.15) is 16.0 Å². The quantitative estimate of drug-likeness (QED) is 0.611. The number of benzene rings is 1. The third kappa shape index (κ3) is 6.02. The summed E-state index contributed by atoms with van der Waals surface area (Å²) in [6.45, 7) is 4.70. The Hall–Kier alpha value is -2.08. The van der Waals surface area contributed by atoms with Gasteiger partial charge in [0.25, 0.3) is 0 Å². The van der Waals surface area contributed by atoms with E-state index in [-0.39, 0.29) is 6.54 Å². The van der Waals surface area contributed by atoms with Gasteiger partial charge in [-0.1, -0.05) is 43.0 Å². The Bertz CT molecular complexity index is 790. The zero-order valence-electron chi connectivity index (χ0n) is 15.0. The van der Waals surface area contributed by atoms with Crippen molar-refractivity contribution >= 4 is 40.2 Å². The van der Waals surface area contributed by atoms with Crippen molar-refractivity contribution in [1.29, 1.82) is 0 Å². The predicted octanol–water partition coefficient (Wildman–Crippen LogP) is 5.09. The lowest BCUT2D eigenvalue weighted by molar-refractivity contribution is -0.137. The van der Waals surface area contributed by atoms with Crippen molar-refractivity contribution in [3.63, 3.8) is 0 Å². The van der Waals surface area contributed by atoms with Crippen molar-refractivity contribution in [2.24, 2.45) is 0 Å². The van der Waals surface area contributed by atoms with Crippen LogP contribution >= 0.6 is 23.1 Å². The fraction of sp³-hybridized carbons (Fsp3) is 0.190. The standard InChI is InChI=1S/C21H23NO2S2/c1-16(11-14-25-3)17-6-8-18(9-7-17)19(20-5-4-13-26-20)10-12-22(2)15-21(23)24/h4-11,13-14H,1,12,15H2,2-3H3,(H,23,24)/b14-11-,19-10-. The Labute approximate surface area is 163 Å². The Morgan fingerprint density at radius 2 is 1.96 bits per heavy atom. The minimum absolute atomic E-state index is 0.0226. The molecule has 0 saturated carbocycles. The SMILES string of the molecule is C=C(/C=C\SC)c1ccc(/C(=C/CN(C)CC(=O)O)c2cccs2)cc1. The number of carboxylic acids is 1. The van der Waals surface area contributed by atoms with Gasteiger partial charge in [0, 0.05) is 11.4 Å². The van der Waals surface area contributed by atoms with Crippen molar-refractivity contribution in [2.75, 3.05) is 26.4 Å². The van der Waals surface area contributed by atoms with E-state index in [2.05, 4.69) is 43.0 Å². The minimum Gasteiger partial charge on any atom is -0.480 e. The number of hydrogen-bond acceptors (Lipinski definition) is 4. The smallest absolute Gasteiger partial charge is 0.317 e. The summed E-state index contributed by atoms with van der Waals surface area (Å²) in [4.78, 5) is 13.8. The van der Waals surface area contributed by atoms with Gasteiger partial charge in [-0.25, -0.2) is 0 Å². The van der Waals surface area contributed by atoms with E-state index in [9.17, 15) is 4.79 Å². The van der Waals surface area contributed by atoms with E-state index in [1.807, 2.05) is 36.2 Å². The molecule has 1 N–H and O–H groups in total. The van der Waals surface area contributed by atoms with Gasteiger partial charge < -0.3 is 5.11 Å². The average molecular weight is 386 g/mol. The Morgan fingerprint density at radius 1 is 1.27 bits per heavy atom. The molecule has 0 aliphatic rings. The summed E-state index contributed by atoms with van der Waals surface area (Å²) in [7, 11) is 1.81. The molecule has 2 aromatic rings. The number of thiophene rings is 1. The molecule has 0 saturated heterocycles. The highest BCUT2D eigenvalue weighted by Crippen LogP contribution is 2.28. The molecule has 0 aliphatic heterocycles. The summed E-state index contributed by atoms with van der Waals surface area (Å²) in [6.07, 6.45) is 6.12. The van der Waals surface area contributed by atoms with Crippen LogP contribution in [0.25, 0.3) is 11.1 Å². The van der Waals surface area contributed by atoms with Crippen LogP contribution in [0.4, 0.5) is 0 Å². The lowest BCUT2D eigenvalue weighted by Crippen LogP contribution is -2.25. The third-order valence-electron chi connectivity index (χ3n) is 3.77. The molecule has 26 heavy (non-hydrogen) atoms. The topological polar surface area (TPSA) is 40.5 Å². The Balaban J connectivity index is 2.24. The largest absolute Gasteiger partial charge is 0.480 e. The zero-order valence-corrected chi connectivity index (χ0v) is 16.6. The molecule has 2 rings (SSSR count). The second-order valence-corrected chi connectivity index (χ2v) is 7.52. The maximum atomic E-state index is 10.9. The molecular formula is C21H23NO2S2. The maximum Gasteiger partial charge on any atom is 0.317 e. The molecule has 0 spiro atoms. The number of carboxylic acid groups (broad SMARTS) is 1. The predicted molar refractivity (Wildman–Crippen MR) is 115 cm³/mol. The fourth-order valence-corrected chi connectivity index (χ4v) is 3.53. The van der Waals surface area contributed by atoms with Crippen molar-refractivity contribution < 1.29 is 9.90 Å². The molecule has 5 heteroatoms. The van der Waals surface area contributed by atoms with Crippen molar-refractivity contribution in [2.45, 2.75) is 0 Å². The summed E-state index contributed by atoms with van der Waals surface area (Å²) in [6, 6.07) is 12.4. The first-order chi connectivity index (χ1) is 12.5. The van der Waals surface area contributed by atoms with E-state index in [4.69, 9.17) is 5.11 Å². The van der Waals surface area contributed by atoms with Gasteiger partial charge in [-0.15, -0.1) is 23.1 Å². The molecule has 0 bridgehead atoms. The van der Waals surface area contributed by atoms with E-state index in [0.29, 0.717) is 6.54 Å². The van der Waals surface area contributed by atoms with Crippen LogP contribution in [0.3, 0.4) is 0 Å². The van der Waals surface area contributed by atoms with E-state index < -0.39 is 5.97 Å². The lowest BCUT2D eigenvalue weighted by atomic mass is 9.99. The highest BCUT2D eigenvalue weighted by atomic mass is 32.2. The van der Waals surface area contributed by atoms with Gasteiger partial charge in [0.2, 0.25) is 0 Å². The molecule has 1 aromatic heterocycles. The van der Waals surface area contributed by atoms with Crippen LogP contribution < -0.4 is 0 Å². The second-order valence-electron chi connectivity index (χ2n) is 5.83. The summed E-state index contributed by atoms with van der Waals surface area (Å²) in [5, 5.41) is 13.0. The number of likely N-dealkylation sites (N-methyl/N-ethyl adjacent to an activating group) is 1. The highest BCUT2D eigenvalue weighted by molar-refractivity contribution is 8.01. The number of nitrogens with zero attached hydrogens (tertiary/aromatic N) is 1. The van der Waals surface area contributed by atoms with E-state index in [1.165, 1.54) is 4.88 Å². The van der Waals surface area contributed by atoms with Gasteiger partial charge in [0.15, 0.2) is 0 Å². The number of aliphatic carboxylic acids is 1. The molecule has 0 amide bonds. The normalized spacial score (nSPS) is 12.0. The van der Waals surface area contributed by atoms with Gasteiger partial charge >= 0.3 is 5.97 Å². The van der Waals surface area contributed by atoms with E-state index in [0.717, 1.165) is 22.3 Å². The second kappa shape index (κ2) is 10.2. The molecule has 3 nitrogen and oxygen atoms in total. The van der Waals surface area contributed by atoms with Gasteiger partial charge in [-0.2, -0.15) is 0 Å². The molecule has 1 heterocycles.